The number of anilines is 2. The zero-order valence-corrected chi connectivity index (χ0v) is 27.7. The van der Waals surface area contributed by atoms with Crippen molar-refractivity contribution in [1.29, 1.82) is 0 Å². The molecule has 13 heteroatoms. The molecule has 3 N–H and O–H groups in total. The second-order valence-corrected chi connectivity index (χ2v) is 14.7. The molecule has 2 heterocycles. The highest BCUT2D eigenvalue weighted by Gasteiger charge is 2.33. The van der Waals surface area contributed by atoms with Crippen LogP contribution in [0, 0.1) is 11.8 Å². The van der Waals surface area contributed by atoms with Gasteiger partial charge in [0.2, 0.25) is 0 Å². The van der Waals surface area contributed by atoms with Crippen molar-refractivity contribution >= 4 is 38.0 Å². The number of hydrogen-bond donors (Lipinski definition) is 3. The molecular formula is C34H42F3N5O4S. The molecule has 1 aliphatic carbocycles. The fourth-order valence-electron chi connectivity index (χ4n) is 6.73. The number of amides is 1. The van der Waals surface area contributed by atoms with E-state index in [0.717, 1.165) is 44.5 Å². The minimum Gasteiger partial charge on any atom is -0.495 e. The first kappa shape index (κ1) is 34.4. The van der Waals surface area contributed by atoms with E-state index in [4.69, 9.17) is 4.74 Å². The van der Waals surface area contributed by atoms with E-state index in [2.05, 4.69) is 32.7 Å². The number of methoxy groups -OCH3 is 1. The van der Waals surface area contributed by atoms with Gasteiger partial charge in [-0.1, -0.05) is 12.0 Å². The molecule has 0 bridgehead atoms. The van der Waals surface area contributed by atoms with Gasteiger partial charge in [-0.05, 0) is 93.9 Å². The third kappa shape index (κ3) is 8.53. The van der Waals surface area contributed by atoms with Crippen molar-refractivity contribution in [2.45, 2.75) is 68.6 Å². The molecule has 1 aliphatic heterocycles. The van der Waals surface area contributed by atoms with Gasteiger partial charge in [-0.15, -0.1) is 0 Å². The van der Waals surface area contributed by atoms with Crippen LogP contribution >= 0.6 is 0 Å². The quantitative estimate of drug-likeness (QED) is 0.266. The molecule has 47 heavy (non-hydrogen) atoms. The lowest BCUT2D eigenvalue weighted by Gasteiger charge is -2.40. The van der Waals surface area contributed by atoms with Gasteiger partial charge in [0.25, 0.3) is 5.91 Å². The summed E-state index contributed by atoms with van der Waals surface area (Å²) < 4.78 is 71.6. The van der Waals surface area contributed by atoms with Crippen LogP contribution in [0.2, 0.25) is 0 Å². The molecule has 0 radical (unpaired) electrons. The molecular weight excluding hydrogens is 631 g/mol. The van der Waals surface area contributed by atoms with Crippen molar-refractivity contribution in [3.63, 3.8) is 0 Å². The Kier molecular flexibility index (Phi) is 10.6. The number of rotatable bonds is 9. The Morgan fingerprint density at radius 1 is 1.02 bits per heavy atom. The Labute approximate surface area is 274 Å². The molecule has 9 nitrogen and oxygen atoms in total. The molecule has 5 rings (SSSR count). The van der Waals surface area contributed by atoms with Crippen molar-refractivity contribution in [3.05, 3.63) is 53.7 Å². The highest BCUT2D eigenvalue weighted by molar-refractivity contribution is 7.91. The molecule has 1 amide bonds. The summed E-state index contributed by atoms with van der Waals surface area (Å²) in [7, 11) is 0.0161. The molecule has 2 aliphatic rings. The summed E-state index contributed by atoms with van der Waals surface area (Å²) >= 11 is 0. The topological polar surface area (TPSA) is 105 Å². The summed E-state index contributed by atoms with van der Waals surface area (Å²) in [4.78, 5) is 14.4. The Morgan fingerprint density at radius 3 is 2.38 bits per heavy atom. The molecule has 2 fully saturated rings. The Balaban J connectivity index is 1.27. The first-order valence-electron chi connectivity index (χ1n) is 15.9. The zero-order chi connectivity index (χ0) is 33.8. The minimum atomic E-state index is -4.43. The van der Waals surface area contributed by atoms with E-state index < -0.39 is 22.6 Å². The van der Waals surface area contributed by atoms with Crippen molar-refractivity contribution in [2.75, 3.05) is 50.7 Å². The highest BCUT2D eigenvalue weighted by Crippen LogP contribution is 2.33. The van der Waals surface area contributed by atoms with Gasteiger partial charge in [-0.3, -0.25) is 4.79 Å². The van der Waals surface area contributed by atoms with Gasteiger partial charge in [0.05, 0.1) is 35.8 Å². The number of alkyl halides is 3. The van der Waals surface area contributed by atoms with E-state index in [9.17, 15) is 26.4 Å². The minimum absolute atomic E-state index is 0.142. The number of nitrogens with one attached hydrogen (secondary N) is 3. The predicted molar refractivity (Wildman–Crippen MR) is 179 cm³/mol. The van der Waals surface area contributed by atoms with E-state index in [1.807, 2.05) is 6.07 Å². The van der Waals surface area contributed by atoms with Crippen LogP contribution < -0.4 is 20.7 Å². The smallest absolute Gasteiger partial charge is 0.406 e. The number of benzene rings is 2. The van der Waals surface area contributed by atoms with Crippen LogP contribution in [0.3, 0.4) is 0 Å². The average Bonchev–Trinajstić information content (AvgIpc) is 3.39. The molecule has 254 valence electrons. The van der Waals surface area contributed by atoms with Gasteiger partial charge >= 0.3 is 6.18 Å². The van der Waals surface area contributed by atoms with Gasteiger partial charge in [0.15, 0.2) is 0 Å². The first-order chi connectivity index (χ1) is 22.4. The van der Waals surface area contributed by atoms with E-state index in [1.54, 1.807) is 36.4 Å². The van der Waals surface area contributed by atoms with Gasteiger partial charge in [0.1, 0.15) is 22.1 Å². The van der Waals surface area contributed by atoms with Crippen molar-refractivity contribution in [3.8, 4) is 17.6 Å². The van der Waals surface area contributed by atoms with Crippen molar-refractivity contribution in [1.82, 2.24) is 14.8 Å². The Bertz CT molecular complexity index is 1750. The largest absolute Gasteiger partial charge is 0.495 e. The predicted octanol–water partition coefficient (Wildman–Crippen LogP) is 5.27. The number of carbonyl (C=O) groups is 1. The van der Waals surface area contributed by atoms with Crippen LogP contribution in [-0.2, 0) is 16.4 Å². The number of halogens is 3. The van der Waals surface area contributed by atoms with Crippen LogP contribution in [0.25, 0.3) is 10.9 Å². The maximum atomic E-state index is 13.7. The van der Waals surface area contributed by atoms with E-state index in [1.165, 1.54) is 25.0 Å². The SMILES string of the molecule is CNC(=O)c1ccc(NCC#Cc2cc3c(N[C@H]4CC[C@@H](N5CCC(S(C)(=O)=O)CC5)CC4)cccc3n2CC(F)(F)F)c(OC)c1. The third-order valence-corrected chi connectivity index (χ3v) is 10.9. The van der Waals surface area contributed by atoms with Gasteiger partial charge in [-0.25, -0.2) is 8.42 Å². The van der Waals surface area contributed by atoms with E-state index in [0.29, 0.717) is 46.8 Å². The summed E-state index contributed by atoms with van der Waals surface area (Å²) in [5.41, 5.74) is 2.53. The number of hydrogen-bond acceptors (Lipinski definition) is 7. The second kappa shape index (κ2) is 14.5. The number of fused-ring (bicyclic) bond motifs is 1. The lowest BCUT2D eigenvalue weighted by atomic mass is 9.89. The molecule has 0 unspecified atom stereocenters. The Morgan fingerprint density at radius 2 is 1.74 bits per heavy atom. The lowest BCUT2D eigenvalue weighted by molar-refractivity contribution is -0.140. The number of aromatic nitrogens is 1. The summed E-state index contributed by atoms with van der Waals surface area (Å²) in [5, 5.41) is 9.72. The molecule has 1 aromatic heterocycles. The summed E-state index contributed by atoms with van der Waals surface area (Å²) in [6.07, 6.45) is 2.04. The number of piperidine rings is 1. The Hall–Kier alpha value is -3.89. The number of nitrogens with zero attached hydrogens (tertiary/aromatic N) is 2. The maximum Gasteiger partial charge on any atom is 0.406 e. The maximum absolute atomic E-state index is 13.7. The zero-order valence-electron chi connectivity index (χ0n) is 26.9. The van der Waals surface area contributed by atoms with Crippen LogP contribution in [0.5, 0.6) is 5.75 Å². The number of sulfone groups is 1. The van der Waals surface area contributed by atoms with E-state index in [-0.39, 0.29) is 29.4 Å². The van der Waals surface area contributed by atoms with Gasteiger partial charge in [0, 0.05) is 42.0 Å². The molecule has 1 saturated heterocycles. The fourth-order valence-corrected chi connectivity index (χ4v) is 7.80. The van der Waals surface area contributed by atoms with Crippen LogP contribution in [0.1, 0.15) is 54.6 Å². The van der Waals surface area contributed by atoms with Crippen molar-refractivity contribution in [2.24, 2.45) is 0 Å². The normalized spacial score (nSPS) is 19.5. The molecule has 0 atom stereocenters. The first-order valence-corrected chi connectivity index (χ1v) is 17.8. The monoisotopic (exact) mass is 673 g/mol. The second-order valence-electron chi connectivity index (χ2n) is 12.3. The number of likely N-dealkylation sites (tertiary alicyclic amines) is 1. The summed E-state index contributed by atoms with van der Waals surface area (Å²) in [5.74, 6) is 6.07. The van der Waals surface area contributed by atoms with Gasteiger partial charge in [-0.2, -0.15) is 13.2 Å². The molecule has 1 saturated carbocycles. The number of carbonyl (C=O) groups excluding carboxylic acids is 1. The van der Waals surface area contributed by atoms with Gasteiger partial charge < -0.3 is 30.2 Å². The summed E-state index contributed by atoms with van der Waals surface area (Å²) in [6, 6.07) is 12.6. The van der Waals surface area contributed by atoms with Crippen LogP contribution in [-0.4, -0.2) is 87.3 Å². The van der Waals surface area contributed by atoms with E-state index >= 15 is 0 Å². The molecule has 3 aromatic rings. The molecule has 2 aromatic carbocycles. The number of ether oxygens (including phenoxy) is 1. The highest BCUT2D eigenvalue weighted by atomic mass is 32.2. The third-order valence-electron chi connectivity index (χ3n) is 9.21. The standard InChI is InChI=1S/C34H42F3N5O4S/c1-38-33(43)23-9-14-30(32(20-23)46-2)39-17-5-6-26-21-28-29(7-4-8-31(28)42(26)22-34(35,36)37)40-24-10-12-25(13-11-24)41-18-15-27(16-19-41)47(3,44)45/h4,7-9,14,20-21,24-25,27,39-40H,10-13,15-19,22H2,1-3H3,(H,38,43)/t24-,25+. The molecule has 0 spiro atoms. The van der Waals surface area contributed by atoms with Crippen LogP contribution in [0.4, 0.5) is 24.5 Å². The average molecular weight is 674 g/mol. The summed E-state index contributed by atoms with van der Waals surface area (Å²) in [6.45, 7) is 0.573. The fraction of sp³-hybridized carbons (Fsp3) is 0.500. The van der Waals surface area contributed by atoms with Crippen molar-refractivity contribution < 1.29 is 31.1 Å². The van der Waals surface area contributed by atoms with Crippen LogP contribution in [0.15, 0.2) is 42.5 Å². The lowest BCUT2D eigenvalue weighted by Crippen LogP contribution is -2.46.